The van der Waals surface area contributed by atoms with E-state index in [1.54, 1.807) is 4.90 Å². The van der Waals surface area contributed by atoms with E-state index in [0.717, 1.165) is 12.8 Å². The molecule has 0 atom stereocenters. The summed E-state index contributed by atoms with van der Waals surface area (Å²) < 4.78 is 4.83. The number of rotatable bonds is 5. The van der Waals surface area contributed by atoms with Gasteiger partial charge in [-0.1, -0.05) is 13.8 Å². The third kappa shape index (κ3) is 5.04. The van der Waals surface area contributed by atoms with Gasteiger partial charge in [-0.2, -0.15) is 0 Å². The smallest absolute Gasteiger partial charge is 0.248 e. The first kappa shape index (κ1) is 15.0. The maximum absolute atomic E-state index is 11.6. The van der Waals surface area contributed by atoms with Crippen LogP contribution in [0.5, 0.6) is 0 Å². The topological polar surface area (TPSA) is 58.6 Å². The molecule has 1 heterocycles. The second kappa shape index (κ2) is 7.36. The van der Waals surface area contributed by atoms with Crippen molar-refractivity contribution < 1.29 is 14.3 Å². The molecule has 0 aromatic rings. The van der Waals surface area contributed by atoms with Crippen LogP contribution in [-0.2, 0) is 14.3 Å². The lowest BCUT2D eigenvalue weighted by Gasteiger charge is -2.32. The Hall–Kier alpha value is -1.10. The highest BCUT2D eigenvalue weighted by Crippen LogP contribution is 2.11. The van der Waals surface area contributed by atoms with Crippen LogP contribution in [0.25, 0.3) is 0 Å². The van der Waals surface area contributed by atoms with E-state index in [4.69, 9.17) is 4.74 Å². The van der Waals surface area contributed by atoms with E-state index in [1.165, 1.54) is 7.11 Å². The second-order valence-corrected chi connectivity index (χ2v) is 5.25. The van der Waals surface area contributed by atoms with Crippen molar-refractivity contribution in [1.82, 2.24) is 10.2 Å². The number of nitrogens with zero attached hydrogens (tertiary/aromatic N) is 1. The lowest BCUT2D eigenvalue weighted by atomic mass is 10.0. The van der Waals surface area contributed by atoms with Gasteiger partial charge < -0.3 is 15.0 Å². The molecule has 0 aromatic heterocycles. The molecule has 0 aromatic carbocycles. The number of amides is 2. The maximum atomic E-state index is 11.6. The molecular formula is C13H24N2O3. The fourth-order valence-corrected chi connectivity index (χ4v) is 2.15. The number of likely N-dealkylation sites (tertiary alicyclic amines) is 1. The van der Waals surface area contributed by atoms with Crippen molar-refractivity contribution in [3.05, 3.63) is 0 Å². The fraction of sp³-hybridized carbons (Fsp3) is 0.846. The molecule has 0 unspecified atom stereocenters. The predicted molar refractivity (Wildman–Crippen MR) is 69.1 cm³/mol. The Labute approximate surface area is 109 Å². The van der Waals surface area contributed by atoms with E-state index in [2.05, 4.69) is 5.32 Å². The van der Waals surface area contributed by atoms with Gasteiger partial charge in [-0.25, -0.2) is 0 Å². The Morgan fingerprint density at radius 1 is 1.33 bits per heavy atom. The minimum absolute atomic E-state index is 0.0319. The van der Waals surface area contributed by atoms with Crippen molar-refractivity contribution >= 4 is 11.8 Å². The van der Waals surface area contributed by atoms with Crippen LogP contribution < -0.4 is 5.32 Å². The Bertz CT molecular complexity index is 284. The molecule has 1 fully saturated rings. The van der Waals surface area contributed by atoms with Gasteiger partial charge in [0.05, 0.1) is 0 Å². The molecule has 1 aliphatic heterocycles. The minimum atomic E-state index is 0.0319. The van der Waals surface area contributed by atoms with Gasteiger partial charge in [0.15, 0.2) is 0 Å². The molecule has 5 heteroatoms. The third-order valence-electron chi connectivity index (χ3n) is 3.07. The van der Waals surface area contributed by atoms with Gasteiger partial charge in [-0.15, -0.1) is 0 Å². The zero-order chi connectivity index (χ0) is 13.5. The molecule has 5 nitrogen and oxygen atoms in total. The molecule has 0 saturated carbocycles. The first-order valence-corrected chi connectivity index (χ1v) is 6.59. The van der Waals surface area contributed by atoms with Crippen LogP contribution in [0.3, 0.4) is 0 Å². The summed E-state index contributed by atoms with van der Waals surface area (Å²) in [5.74, 6) is 0.532. The summed E-state index contributed by atoms with van der Waals surface area (Å²) in [4.78, 5) is 25.0. The Morgan fingerprint density at radius 2 is 1.94 bits per heavy atom. The van der Waals surface area contributed by atoms with Crippen LogP contribution >= 0.6 is 0 Å². The number of hydrogen-bond acceptors (Lipinski definition) is 3. The number of ether oxygens (including phenoxy) is 1. The van der Waals surface area contributed by atoms with E-state index in [9.17, 15) is 9.59 Å². The summed E-state index contributed by atoms with van der Waals surface area (Å²) in [6, 6.07) is 0.211. The van der Waals surface area contributed by atoms with E-state index in [0.29, 0.717) is 25.4 Å². The van der Waals surface area contributed by atoms with Crippen LogP contribution in [0, 0.1) is 5.92 Å². The van der Waals surface area contributed by atoms with Crippen molar-refractivity contribution in [2.45, 2.75) is 39.2 Å². The van der Waals surface area contributed by atoms with Gasteiger partial charge in [0.2, 0.25) is 11.8 Å². The number of nitrogens with one attached hydrogen (secondary N) is 1. The highest BCUT2D eigenvalue weighted by molar-refractivity contribution is 5.78. The Balaban J connectivity index is 2.27. The largest absolute Gasteiger partial charge is 0.375 e. The second-order valence-electron chi connectivity index (χ2n) is 5.25. The normalized spacial score (nSPS) is 17.0. The number of hydrogen-bond donors (Lipinski definition) is 1. The van der Waals surface area contributed by atoms with Crippen LogP contribution in [0.4, 0.5) is 0 Å². The van der Waals surface area contributed by atoms with Gasteiger partial charge >= 0.3 is 0 Å². The first-order valence-electron chi connectivity index (χ1n) is 6.59. The molecule has 104 valence electrons. The molecule has 0 spiro atoms. The zero-order valence-electron chi connectivity index (χ0n) is 11.6. The molecule has 0 radical (unpaired) electrons. The summed E-state index contributed by atoms with van der Waals surface area (Å²) in [5, 5.41) is 3.03. The summed E-state index contributed by atoms with van der Waals surface area (Å²) in [7, 11) is 1.52. The van der Waals surface area contributed by atoms with Gasteiger partial charge in [0.1, 0.15) is 6.61 Å². The molecule has 1 aliphatic rings. The molecule has 0 aliphatic carbocycles. The van der Waals surface area contributed by atoms with Crippen LogP contribution in [0.2, 0.25) is 0 Å². The Kier molecular flexibility index (Phi) is 6.12. The van der Waals surface area contributed by atoms with Crippen molar-refractivity contribution in [3.8, 4) is 0 Å². The van der Waals surface area contributed by atoms with Crippen molar-refractivity contribution in [2.75, 3.05) is 26.8 Å². The fourth-order valence-electron chi connectivity index (χ4n) is 2.15. The molecular weight excluding hydrogens is 232 g/mol. The third-order valence-corrected chi connectivity index (χ3v) is 3.07. The van der Waals surface area contributed by atoms with Crippen LogP contribution in [0.15, 0.2) is 0 Å². The van der Waals surface area contributed by atoms with E-state index < -0.39 is 0 Å². The summed E-state index contributed by atoms with van der Waals surface area (Å²) in [6.45, 7) is 5.62. The van der Waals surface area contributed by atoms with Crippen LogP contribution in [0.1, 0.15) is 33.1 Å². The molecule has 1 saturated heterocycles. The molecule has 2 amide bonds. The average molecular weight is 256 g/mol. The molecule has 0 bridgehead atoms. The van der Waals surface area contributed by atoms with Gasteiger partial charge in [0.25, 0.3) is 0 Å². The predicted octanol–water partition coefficient (Wildman–Crippen LogP) is 0.786. The van der Waals surface area contributed by atoms with Gasteiger partial charge in [-0.3, -0.25) is 9.59 Å². The standard InChI is InChI=1S/C13H24N2O3/c1-10(2)8-12(16)14-11-4-6-15(7-5-11)13(17)9-18-3/h10-11H,4-9H2,1-3H3,(H,14,16). The highest BCUT2D eigenvalue weighted by Gasteiger charge is 2.23. The van der Waals surface area contributed by atoms with E-state index >= 15 is 0 Å². The number of carbonyl (C=O) groups is 2. The van der Waals surface area contributed by atoms with Crippen molar-refractivity contribution in [3.63, 3.8) is 0 Å². The quantitative estimate of drug-likeness (QED) is 0.791. The number of carbonyl (C=O) groups excluding carboxylic acids is 2. The lowest BCUT2D eigenvalue weighted by Crippen LogP contribution is -2.47. The molecule has 1 rings (SSSR count). The molecule has 18 heavy (non-hydrogen) atoms. The van der Waals surface area contributed by atoms with Crippen molar-refractivity contribution in [1.29, 1.82) is 0 Å². The SMILES string of the molecule is COCC(=O)N1CCC(NC(=O)CC(C)C)CC1. The lowest BCUT2D eigenvalue weighted by molar-refractivity contribution is -0.136. The summed E-state index contributed by atoms with van der Waals surface area (Å²) in [6.07, 6.45) is 2.24. The van der Waals surface area contributed by atoms with Gasteiger partial charge in [0, 0.05) is 32.7 Å². The minimum Gasteiger partial charge on any atom is -0.375 e. The number of piperidine rings is 1. The average Bonchev–Trinajstić information content (AvgIpc) is 2.29. The van der Waals surface area contributed by atoms with Crippen molar-refractivity contribution in [2.24, 2.45) is 5.92 Å². The molecule has 1 N–H and O–H groups in total. The Morgan fingerprint density at radius 3 is 2.44 bits per heavy atom. The van der Waals surface area contributed by atoms with E-state index in [1.807, 2.05) is 13.8 Å². The highest BCUT2D eigenvalue weighted by atomic mass is 16.5. The van der Waals surface area contributed by atoms with Crippen LogP contribution in [-0.4, -0.2) is 49.6 Å². The zero-order valence-corrected chi connectivity index (χ0v) is 11.6. The maximum Gasteiger partial charge on any atom is 0.248 e. The summed E-state index contributed by atoms with van der Waals surface area (Å²) in [5.41, 5.74) is 0. The van der Waals surface area contributed by atoms with E-state index in [-0.39, 0.29) is 24.5 Å². The monoisotopic (exact) mass is 256 g/mol. The first-order chi connectivity index (χ1) is 8.52. The van der Waals surface area contributed by atoms with Gasteiger partial charge in [-0.05, 0) is 18.8 Å². The number of methoxy groups -OCH3 is 1. The summed E-state index contributed by atoms with van der Waals surface area (Å²) >= 11 is 0.